The summed E-state index contributed by atoms with van der Waals surface area (Å²) in [5, 5.41) is 15.1. The summed E-state index contributed by atoms with van der Waals surface area (Å²) in [4.78, 5) is 13.1. The number of thioether (sulfide) groups is 1. The Kier molecular flexibility index (Phi) is 4.62. The number of hydrogen-bond donors (Lipinski definition) is 1. The molecule has 0 saturated heterocycles. The Balaban J connectivity index is 1.85. The Labute approximate surface area is 137 Å². The first-order chi connectivity index (χ1) is 10.8. The number of carbonyl (C=O) groups is 1. The summed E-state index contributed by atoms with van der Waals surface area (Å²) in [6.07, 6.45) is 0.346. The zero-order chi connectivity index (χ0) is 15.4. The Morgan fingerprint density at radius 2 is 2.09 bits per heavy atom. The standard InChI is InChI=1S/C17H14N2OS2/c18-10-14-13(15-7-4-8-21-15)9-16(20)19-17(14)22-11-12-5-2-1-3-6-12/h1-8,13H,9,11H2,(H,19,20)/t13-/m0/s1. The lowest BCUT2D eigenvalue weighted by molar-refractivity contribution is -0.120. The van der Waals surface area contributed by atoms with Crippen LogP contribution >= 0.6 is 23.1 Å². The molecule has 2 heterocycles. The minimum absolute atomic E-state index is 0.0204. The average Bonchev–Trinajstić information content (AvgIpc) is 3.07. The first kappa shape index (κ1) is 14.9. The minimum Gasteiger partial charge on any atom is -0.320 e. The number of thiophene rings is 1. The Morgan fingerprint density at radius 1 is 1.27 bits per heavy atom. The Morgan fingerprint density at radius 3 is 2.77 bits per heavy atom. The van der Waals surface area contributed by atoms with Crippen molar-refractivity contribution in [1.82, 2.24) is 5.32 Å². The summed E-state index contributed by atoms with van der Waals surface area (Å²) in [5.74, 6) is 0.601. The number of allylic oxidation sites excluding steroid dienone is 1. The fraction of sp³-hybridized carbons (Fsp3) is 0.176. The van der Waals surface area contributed by atoms with Crippen molar-refractivity contribution in [3.63, 3.8) is 0 Å². The number of benzene rings is 1. The molecule has 3 nitrogen and oxygen atoms in total. The van der Waals surface area contributed by atoms with Gasteiger partial charge in [0.25, 0.3) is 0 Å². The third kappa shape index (κ3) is 3.24. The van der Waals surface area contributed by atoms with E-state index in [1.54, 1.807) is 11.3 Å². The molecule has 0 aliphatic carbocycles. The van der Waals surface area contributed by atoms with Crippen LogP contribution in [0.1, 0.15) is 22.8 Å². The number of nitrogens with one attached hydrogen (secondary N) is 1. The maximum Gasteiger partial charge on any atom is 0.225 e. The molecule has 0 bridgehead atoms. The first-order valence-corrected chi connectivity index (χ1v) is 8.78. The highest BCUT2D eigenvalue weighted by atomic mass is 32.2. The smallest absolute Gasteiger partial charge is 0.225 e. The molecule has 0 unspecified atom stereocenters. The van der Waals surface area contributed by atoms with E-state index in [1.165, 1.54) is 17.3 Å². The molecule has 1 amide bonds. The van der Waals surface area contributed by atoms with E-state index in [2.05, 4.69) is 11.4 Å². The van der Waals surface area contributed by atoms with Crippen LogP contribution in [-0.4, -0.2) is 5.91 Å². The number of carbonyl (C=O) groups excluding carboxylic acids is 1. The van der Waals surface area contributed by atoms with Gasteiger partial charge in [-0.05, 0) is 17.0 Å². The molecule has 5 heteroatoms. The largest absolute Gasteiger partial charge is 0.320 e. The van der Waals surface area contributed by atoms with E-state index < -0.39 is 0 Å². The summed E-state index contributed by atoms with van der Waals surface area (Å²) in [7, 11) is 0. The van der Waals surface area contributed by atoms with Gasteiger partial charge >= 0.3 is 0 Å². The van der Waals surface area contributed by atoms with Crippen LogP contribution in [0.5, 0.6) is 0 Å². The lowest BCUT2D eigenvalue weighted by Gasteiger charge is -2.24. The highest BCUT2D eigenvalue weighted by Gasteiger charge is 2.30. The van der Waals surface area contributed by atoms with Crippen LogP contribution in [-0.2, 0) is 10.5 Å². The van der Waals surface area contributed by atoms with E-state index in [4.69, 9.17) is 0 Å². The molecule has 2 aromatic rings. The number of nitrogens with zero attached hydrogens (tertiary/aromatic N) is 1. The lowest BCUT2D eigenvalue weighted by Crippen LogP contribution is -2.30. The fourth-order valence-corrected chi connectivity index (χ4v) is 4.27. The fourth-order valence-electron chi connectivity index (χ4n) is 2.40. The third-order valence-electron chi connectivity index (χ3n) is 3.47. The van der Waals surface area contributed by atoms with Crippen LogP contribution in [0.2, 0.25) is 0 Å². The molecule has 22 heavy (non-hydrogen) atoms. The van der Waals surface area contributed by atoms with Crippen LogP contribution in [0, 0.1) is 11.3 Å². The lowest BCUT2D eigenvalue weighted by atomic mass is 9.93. The molecule has 3 rings (SSSR count). The van der Waals surface area contributed by atoms with E-state index in [-0.39, 0.29) is 11.8 Å². The molecule has 1 N–H and O–H groups in total. The summed E-state index contributed by atoms with van der Waals surface area (Å²) in [5.41, 5.74) is 1.84. The molecule has 0 spiro atoms. The molecule has 1 aliphatic heterocycles. The zero-order valence-electron chi connectivity index (χ0n) is 11.8. The molecule has 0 fully saturated rings. The van der Waals surface area contributed by atoms with Gasteiger partial charge in [-0.15, -0.1) is 23.1 Å². The van der Waals surface area contributed by atoms with Gasteiger partial charge in [0.05, 0.1) is 16.7 Å². The van der Waals surface area contributed by atoms with Crippen molar-refractivity contribution in [3.8, 4) is 6.07 Å². The number of nitriles is 1. The maximum atomic E-state index is 12.0. The van der Waals surface area contributed by atoms with Gasteiger partial charge in [-0.2, -0.15) is 5.26 Å². The van der Waals surface area contributed by atoms with Crippen LogP contribution < -0.4 is 5.32 Å². The van der Waals surface area contributed by atoms with E-state index in [9.17, 15) is 10.1 Å². The van der Waals surface area contributed by atoms with E-state index in [1.807, 2.05) is 47.8 Å². The number of hydrogen-bond acceptors (Lipinski definition) is 4. The topological polar surface area (TPSA) is 52.9 Å². The molecular formula is C17H14N2OS2. The molecule has 110 valence electrons. The van der Waals surface area contributed by atoms with Gasteiger partial charge < -0.3 is 5.32 Å². The van der Waals surface area contributed by atoms with Crippen molar-refractivity contribution >= 4 is 29.0 Å². The molecule has 1 atom stereocenters. The third-order valence-corrected chi connectivity index (χ3v) is 5.54. The molecule has 1 aromatic heterocycles. The van der Waals surface area contributed by atoms with Gasteiger partial charge in [0, 0.05) is 23.0 Å². The quantitative estimate of drug-likeness (QED) is 0.923. The van der Waals surface area contributed by atoms with Crippen molar-refractivity contribution in [3.05, 3.63) is 68.9 Å². The van der Waals surface area contributed by atoms with Crippen LogP contribution in [0.3, 0.4) is 0 Å². The summed E-state index contributed by atoms with van der Waals surface area (Å²) in [6.45, 7) is 0. The number of amides is 1. The minimum atomic E-state index is -0.114. The monoisotopic (exact) mass is 326 g/mol. The van der Waals surface area contributed by atoms with Crippen molar-refractivity contribution in [2.75, 3.05) is 0 Å². The second-order valence-electron chi connectivity index (χ2n) is 4.95. The van der Waals surface area contributed by atoms with Gasteiger partial charge in [0.2, 0.25) is 5.91 Å². The summed E-state index contributed by atoms with van der Waals surface area (Å²) >= 11 is 3.11. The first-order valence-electron chi connectivity index (χ1n) is 6.92. The van der Waals surface area contributed by atoms with Crippen LogP contribution in [0.4, 0.5) is 0 Å². The number of rotatable bonds is 4. The average molecular weight is 326 g/mol. The second-order valence-corrected chi connectivity index (χ2v) is 6.91. The van der Waals surface area contributed by atoms with Gasteiger partial charge in [-0.1, -0.05) is 36.4 Å². The molecule has 0 radical (unpaired) electrons. The second kappa shape index (κ2) is 6.82. The predicted octanol–water partition coefficient (Wildman–Crippen LogP) is 4.02. The molecule has 1 aliphatic rings. The van der Waals surface area contributed by atoms with Gasteiger partial charge in [-0.3, -0.25) is 4.79 Å². The van der Waals surface area contributed by atoms with Gasteiger partial charge in [0.15, 0.2) is 0 Å². The molecule has 1 aromatic carbocycles. The van der Waals surface area contributed by atoms with Gasteiger partial charge in [0.1, 0.15) is 0 Å². The highest BCUT2D eigenvalue weighted by Crippen LogP contribution is 2.38. The van der Waals surface area contributed by atoms with Gasteiger partial charge in [-0.25, -0.2) is 0 Å². The van der Waals surface area contributed by atoms with Crippen molar-refractivity contribution in [1.29, 1.82) is 5.26 Å². The van der Waals surface area contributed by atoms with E-state index in [0.29, 0.717) is 17.0 Å². The normalized spacial score (nSPS) is 18.0. The highest BCUT2D eigenvalue weighted by molar-refractivity contribution is 8.02. The van der Waals surface area contributed by atoms with Crippen LogP contribution in [0.15, 0.2) is 58.4 Å². The Bertz CT molecular complexity index is 730. The predicted molar refractivity (Wildman–Crippen MR) is 90.2 cm³/mol. The van der Waals surface area contributed by atoms with Crippen molar-refractivity contribution in [2.24, 2.45) is 0 Å². The summed E-state index contributed by atoms with van der Waals surface area (Å²) in [6, 6.07) is 16.3. The molecule has 0 saturated carbocycles. The zero-order valence-corrected chi connectivity index (χ0v) is 13.4. The molecular weight excluding hydrogens is 312 g/mol. The summed E-state index contributed by atoms with van der Waals surface area (Å²) < 4.78 is 0. The van der Waals surface area contributed by atoms with Crippen molar-refractivity contribution < 1.29 is 4.79 Å². The van der Waals surface area contributed by atoms with E-state index >= 15 is 0 Å². The van der Waals surface area contributed by atoms with E-state index in [0.717, 1.165) is 10.6 Å². The maximum absolute atomic E-state index is 12.0. The van der Waals surface area contributed by atoms with Crippen LogP contribution in [0.25, 0.3) is 0 Å². The Hall–Kier alpha value is -2.03. The van der Waals surface area contributed by atoms with Crippen molar-refractivity contribution in [2.45, 2.75) is 18.1 Å². The SMILES string of the molecule is N#CC1=C(SCc2ccccc2)NC(=O)C[C@@H]1c1cccs1.